The molecule has 0 radical (unpaired) electrons. The first-order valence-electron chi connectivity index (χ1n) is 11.1. The number of ketones is 1. The van der Waals surface area contributed by atoms with E-state index >= 15 is 0 Å². The SMILES string of the molecule is CCCCN1C(=O)[C@@H]2[C@@H](C1=O)[C@@H](C(=O)c1cccc([N+](=O)[O-])c1)N1c3ccccc3C=C[C@H]21. The van der Waals surface area contributed by atoms with Crippen molar-refractivity contribution in [3.8, 4) is 0 Å². The minimum Gasteiger partial charge on any atom is -0.352 e. The third-order valence-corrected chi connectivity index (χ3v) is 6.85. The molecular weight excluding hydrogens is 422 g/mol. The number of rotatable bonds is 6. The normalized spacial score (nSPS) is 25.1. The summed E-state index contributed by atoms with van der Waals surface area (Å²) in [4.78, 5) is 54.6. The molecule has 8 heteroatoms. The number of Topliss-reactive ketones (excluding diaryl/α,β-unsaturated/α-hetero) is 1. The Morgan fingerprint density at radius 2 is 1.82 bits per heavy atom. The van der Waals surface area contributed by atoms with E-state index in [2.05, 4.69) is 0 Å². The average Bonchev–Trinajstić information content (AvgIpc) is 3.30. The van der Waals surface area contributed by atoms with Crippen molar-refractivity contribution in [3.63, 3.8) is 0 Å². The van der Waals surface area contributed by atoms with Crippen LogP contribution in [0.2, 0.25) is 0 Å². The maximum absolute atomic E-state index is 13.8. The van der Waals surface area contributed by atoms with Crippen molar-refractivity contribution in [3.05, 3.63) is 75.8 Å². The van der Waals surface area contributed by atoms with E-state index in [4.69, 9.17) is 0 Å². The Morgan fingerprint density at radius 3 is 2.58 bits per heavy atom. The Kier molecular flexibility index (Phi) is 5.08. The van der Waals surface area contributed by atoms with Gasteiger partial charge in [0.15, 0.2) is 5.78 Å². The number of nitro benzene ring substituents is 1. The quantitative estimate of drug-likeness (QED) is 0.292. The van der Waals surface area contributed by atoms with Crippen LogP contribution in [0.4, 0.5) is 11.4 Å². The molecule has 2 amide bonds. The van der Waals surface area contributed by atoms with Gasteiger partial charge in [0, 0.05) is 29.9 Å². The molecule has 3 aliphatic rings. The third kappa shape index (κ3) is 3.16. The van der Waals surface area contributed by atoms with Crippen LogP contribution in [0.15, 0.2) is 54.6 Å². The summed E-state index contributed by atoms with van der Waals surface area (Å²) in [5.41, 5.74) is 1.65. The zero-order chi connectivity index (χ0) is 23.3. The van der Waals surface area contributed by atoms with Gasteiger partial charge in [0.1, 0.15) is 6.04 Å². The highest BCUT2D eigenvalue weighted by molar-refractivity contribution is 6.14. The van der Waals surface area contributed by atoms with E-state index < -0.39 is 28.8 Å². The number of hydrogen-bond donors (Lipinski definition) is 0. The number of nitro groups is 1. The minimum atomic E-state index is -0.920. The Bertz CT molecular complexity index is 1210. The van der Waals surface area contributed by atoms with Crippen LogP contribution in [-0.4, -0.2) is 46.0 Å². The lowest BCUT2D eigenvalue weighted by atomic mass is 9.86. The van der Waals surface area contributed by atoms with Gasteiger partial charge >= 0.3 is 0 Å². The number of imide groups is 1. The summed E-state index contributed by atoms with van der Waals surface area (Å²) in [6.45, 7) is 2.33. The Balaban J connectivity index is 1.62. The Labute approximate surface area is 190 Å². The predicted molar refractivity (Wildman–Crippen MR) is 122 cm³/mol. The van der Waals surface area contributed by atoms with E-state index in [1.165, 1.54) is 29.2 Å². The van der Waals surface area contributed by atoms with Crippen molar-refractivity contribution in [1.29, 1.82) is 0 Å². The zero-order valence-corrected chi connectivity index (χ0v) is 18.1. The van der Waals surface area contributed by atoms with Crippen molar-refractivity contribution in [2.24, 2.45) is 11.8 Å². The third-order valence-electron chi connectivity index (χ3n) is 6.85. The van der Waals surface area contributed by atoms with Crippen molar-refractivity contribution in [1.82, 2.24) is 4.90 Å². The van der Waals surface area contributed by atoms with E-state index in [9.17, 15) is 24.5 Å². The molecular formula is C25H23N3O5. The molecule has 0 aliphatic carbocycles. The number of carbonyl (C=O) groups is 3. The number of anilines is 1. The molecule has 4 atom stereocenters. The summed E-state index contributed by atoms with van der Waals surface area (Å²) in [5.74, 6) is -2.46. The first kappa shape index (κ1) is 21.1. The largest absolute Gasteiger partial charge is 0.352 e. The van der Waals surface area contributed by atoms with E-state index in [0.717, 1.165) is 17.7 Å². The van der Waals surface area contributed by atoms with Crippen LogP contribution in [0.5, 0.6) is 0 Å². The molecule has 2 fully saturated rings. The number of fused-ring (bicyclic) bond motifs is 5. The first-order valence-corrected chi connectivity index (χ1v) is 11.1. The van der Waals surface area contributed by atoms with Gasteiger partial charge in [-0.25, -0.2) is 0 Å². The van der Waals surface area contributed by atoms with E-state index in [0.29, 0.717) is 13.0 Å². The van der Waals surface area contributed by atoms with Crippen LogP contribution in [0.3, 0.4) is 0 Å². The van der Waals surface area contributed by atoms with Crippen LogP contribution in [0.25, 0.3) is 6.08 Å². The molecule has 2 saturated heterocycles. The summed E-state index contributed by atoms with van der Waals surface area (Å²) < 4.78 is 0. The topological polar surface area (TPSA) is 101 Å². The highest BCUT2D eigenvalue weighted by atomic mass is 16.6. The van der Waals surface area contributed by atoms with E-state index in [-0.39, 0.29) is 28.8 Å². The lowest BCUT2D eigenvalue weighted by Crippen LogP contribution is -2.48. The molecule has 5 rings (SSSR count). The summed E-state index contributed by atoms with van der Waals surface area (Å²) in [5, 5.41) is 11.3. The molecule has 2 aromatic carbocycles. The number of amides is 2. The molecule has 0 bridgehead atoms. The van der Waals surface area contributed by atoms with Crippen LogP contribution in [0, 0.1) is 22.0 Å². The second-order valence-corrected chi connectivity index (χ2v) is 8.67. The number of likely N-dealkylation sites (tertiary alicyclic amines) is 1. The Hall–Kier alpha value is -3.81. The molecule has 0 aromatic heterocycles. The fourth-order valence-corrected chi connectivity index (χ4v) is 5.36. The van der Waals surface area contributed by atoms with Crippen LogP contribution >= 0.6 is 0 Å². The van der Waals surface area contributed by atoms with Crippen molar-refractivity contribution < 1.29 is 19.3 Å². The maximum atomic E-state index is 13.8. The number of hydrogen-bond acceptors (Lipinski definition) is 6. The van der Waals surface area contributed by atoms with Crippen LogP contribution in [0.1, 0.15) is 35.7 Å². The molecule has 3 aliphatic heterocycles. The van der Waals surface area contributed by atoms with Gasteiger partial charge in [0.05, 0.1) is 22.8 Å². The van der Waals surface area contributed by atoms with Gasteiger partial charge in [0.25, 0.3) is 5.69 Å². The summed E-state index contributed by atoms with van der Waals surface area (Å²) in [6.07, 6.45) is 5.37. The number of nitrogens with zero attached hydrogens (tertiary/aromatic N) is 3. The predicted octanol–water partition coefficient (Wildman–Crippen LogP) is 3.46. The van der Waals surface area contributed by atoms with Gasteiger partial charge in [-0.2, -0.15) is 0 Å². The number of non-ortho nitro benzene ring substituents is 1. The fraction of sp³-hybridized carbons (Fsp3) is 0.320. The molecule has 0 saturated carbocycles. The maximum Gasteiger partial charge on any atom is 0.270 e. The number of unbranched alkanes of at least 4 members (excludes halogenated alkanes) is 1. The van der Waals surface area contributed by atoms with Gasteiger partial charge in [-0.05, 0) is 18.1 Å². The summed E-state index contributed by atoms with van der Waals surface area (Å²) in [7, 11) is 0. The van der Waals surface area contributed by atoms with E-state index in [1.807, 2.05) is 48.2 Å². The number of para-hydroxylation sites is 1. The van der Waals surface area contributed by atoms with Gasteiger partial charge in [-0.3, -0.25) is 29.4 Å². The first-order chi connectivity index (χ1) is 15.9. The molecule has 2 aromatic rings. The Morgan fingerprint density at radius 1 is 1.06 bits per heavy atom. The average molecular weight is 445 g/mol. The van der Waals surface area contributed by atoms with Gasteiger partial charge in [-0.1, -0.05) is 55.8 Å². The standard InChI is InChI=1S/C25H23N3O5/c1-2-3-13-26-24(30)20-19-12-11-15-7-4-5-10-18(15)27(19)22(21(20)25(26)31)23(29)16-8-6-9-17(14-16)28(32)33/h4-12,14,19-22H,2-3,13H2,1H3/t19-,20+,21-,22+/m1/s1. The van der Waals surface area contributed by atoms with Crippen molar-refractivity contribution in [2.45, 2.75) is 31.8 Å². The van der Waals surface area contributed by atoms with Crippen LogP contribution in [-0.2, 0) is 9.59 Å². The highest BCUT2D eigenvalue weighted by Gasteiger charge is 2.63. The number of benzene rings is 2. The molecule has 168 valence electrons. The smallest absolute Gasteiger partial charge is 0.270 e. The van der Waals surface area contributed by atoms with Crippen molar-refractivity contribution in [2.75, 3.05) is 11.4 Å². The second-order valence-electron chi connectivity index (χ2n) is 8.67. The molecule has 33 heavy (non-hydrogen) atoms. The molecule has 0 N–H and O–H groups in total. The highest BCUT2D eigenvalue weighted by Crippen LogP contribution is 2.49. The van der Waals surface area contributed by atoms with Gasteiger partial charge < -0.3 is 4.90 Å². The molecule has 8 nitrogen and oxygen atoms in total. The zero-order valence-electron chi connectivity index (χ0n) is 18.1. The minimum absolute atomic E-state index is 0.160. The summed E-state index contributed by atoms with van der Waals surface area (Å²) in [6, 6.07) is 11.8. The lowest BCUT2D eigenvalue weighted by molar-refractivity contribution is -0.384. The molecule has 0 unspecified atom stereocenters. The molecule has 0 spiro atoms. The lowest BCUT2D eigenvalue weighted by Gasteiger charge is -2.36. The summed E-state index contributed by atoms with van der Waals surface area (Å²) >= 11 is 0. The van der Waals surface area contributed by atoms with Gasteiger partial charge in [-0.15, -0.1) is 0 Å². The van der Waals surface area contributed by atoms with Gasteiger partial charge in [0.2, 0.25) is 11.8 Å². The molecule has 3 heterocycles. The fourth-order valence-electron chi connectivity index (χ4n) is 5.36. The number of carbonyl (C=O) groups excluding carboxylic acids is 3. The van der Waals surface area contributed by atoms with E-state index in [1.54, 1.807) is 0 Å². The monoisotopic (exact) mass is 445 g/mol. The van der Waals surface area contributed by atoms with Crippen LogP contribution < -0.4 is 4.90 Å². The second kappa shape index (κ2) is 7.95. The van der Waals surface area contributed by atoms with Crippen molar-refractivity contribution >= 4 is 35.0 Å².